The summed E-state index contributed by atoms with van der Waals surface area (Å²) in [5, 5.41) is 3.52. The Balaban J connectivity index is 1.69. The van der Waals surface area contributed by atoms with E-state index in [-0.39, 0.29) is 0 Å². The van der Waals surface area contributed by atoms with Crippen LogP contribution in [0.2, 0.25) is 0 Å². The van der Waals surface area contributed by atoms with Gasteiger partial charge in [0.1, 0.15) is 0 Å². The van der Waals surface area contributed by atoms with Crippen LogP contribution in [0.1, 0.15) is 32.6 Å². The molecule has 0 saturated heterocycles. The number of nitrogens with one attached hydrogen (secondary N) is 1. The van der Waals surface area contributed by atoms with Gasteiger partial charge in [0.2, 0.25) is 0 Å². The van der Waals surface area contributed by atoms with Crippen molar-refractivity contribution >= 4 is 11.8 Å². The average Bonchev–Trinajstić information content (AvgIpc) is 2.85. The van der Waals surface area contributed by atoms with Crippen molar-refractivity contribution in [1.82, 2.24) is 5.32 Å². The van der Waals surface area contributed by atoms with Gasteiger partial charge in [-0.1, -0.05) is 38.0 Å². The zero-order valence-corrected chi connectivity index (χ0v) is 12.2. The van der Waals surface area contributed by atoms with E-state index in [4.69, 9.17) is 0 Å². The molecule has 1 aliphatic rings. The first kappa shape index (κ1) is 14.0. The number of benzene rings is 1. The van der Waals surface area contributed by atoms with Gasteiger partial charge in [-0.2, -0.15) is 0 Å². The van der Waals surface area contributed by atoms with Crippen LogP contribution in [-0.2, 0) is 0 Å². The van der Waals surface area contributed by atoms with Gasteiger partial charge in [-0.15, -0.1) is 11.8 Å². The molecule has 1 aliphatic carbocycles. The molecule has 0 heterocycles. The molecule has 1 aromatic rings. The van der Waals surface area contributed by atoms with E-state index >= 15 is 0 Å². The van der Waals surface area contributed by atoms with Gasteiger partial charge >= 0.3 is 0 Å². The highest BCUT2D eigenvalue weighted by Crippen LogP contribution is 2.35. The highest BCUT2D eigenvalue weighted by molar-refractivity contribution is 7.99. The quantitative estimate of drug-likeness (QED) is 0.740. The van der Waals surface area contributed by atoms with Crippen LogP contribution in [0.4, 0.5) is 0 Å². The molecule has 0 bridgehead atoms. The fraction of sp³-hybridized carbons (Fsp3) is 0.625. The number of thioether (sulfide) groups is 1. The summed E-state index contributed by atoms with van der Waals surface area (Å²) in [6.45, 7) is 4.55. The van der Waals surface area contributed by atoms with Crippen molar-refractivity contribution in [3.63, 3.8) is 0 Å². The van der Waals surface area contributed by atoms with E-state index in [0.717, 1.165) is 18.4 Å². The monoisotopic (exact) mass is 263 g/mol. The van der Waals surface area contributed by atoms with E-state index in [1.165, 1.54) is 42.9 Å². The van der Waals surface area contributed by atoms with Crippen LogP contribution < -0.4 is 5.32 Å². The molecule has 1 nitrogen and oxygen atoms in total. The predicted octanol–water partition coefficient (Wildman–Crippen LogP) is 4.19. The fourth-order valence-corrected chi connectivity index (χ4v) is 3.94. The van der Waals surface area contributed by atoms with Crippen molar-refractivity contribution < 1.29 is 0 Å². The van der Waals surface area contributed by atoms with Crippen LogP contribution in [0.3, 0.4) is 0 Å². The Bertz CT molecular complexity index is 325. The van der Waals surface area contributed by atoms with Crippen LogP contribution in [-0.4, -0.2) is 18.8 Å². The van der Waals surface area contributed by atoms with E-state index < -0.39 is 0 Å². The summed E-state index contributed by atoms with van der Waals surface area (Å²) < 4.78 is 0. The second-order valence-corrected chi connectivity index (χ2v) is 6.38. The van der Waals surface area contributed by atoms with Crippen molar-refractivity contribution in [1.29, 1.82) is 0 Å². The van der Waals surface area contributed by atoms with Gasteiger partial charge in [0, 0.05) is 4.90 Å². The Morgan fingerprint density at radius 2 is 1.94 bits per heavy atom. The second-order valence-electron chi connectivity index (χ2n) is 5.21. The van der Waals surface area contributed by atoms with Gasteiger partial charge in [0.05, 0.1) is 0 Å². The molecule has 2 heteroatoms. The van der Waals surface area contributed by atoms with Gasteiger partial charge in [-0.25, -0.2) is 0 Å². The summed E-state index contributed by atoms with van der Waals surface area (Å²) in [6, 6.07) is 10.8. The standard InChI is InChI=1S/C16H25NS/c1-2-17-13-15-8-6-7-14(15)11-12-18-16-9-4-3-5-10-16/h3-5,9-10,14-15,17H,2,6-8,11-13H2,1H3. The molecular weight excluding hydrogens is 238 g/mol. The molecular formula is C16H25NS. The molecule has 100 valence electrons. The Labute approximate surface area is 116 Å². The van der Waals surface area contributed by atoms with Crippen molar-refractivity contribution in [2.45, 2.75) is 37.5 Å². The molecule has 18 heavy (non-hydrogen) atoms. The Morgan fingerprint density at radius 3 is 2.72 bits per heavy atom. The molecule has 2 rings (SSSR count). The van der Waals surface area contributed by atoms with Crippen LogP contribution in [0.25, 0.3) is 0 Å². The third-order valence-electron chi connectivity index (χ3n) is 3.97. The number of hydrogen-bond acceptors (Lipinski definition) is 2. The van der Waals surface area contributed by atoms with E-state index in [9.17, 15) is 0 Å². The first-order chi connectivity index (χ1) is 8.90. The van der Waals surface area contributed by atoms with Gasteiger partial charge in [-0.05, 0) is 55.7 Å². The van der Waals surface area contributed by atoms with Crippen LogP contribution >= 0.6 is 11.8 Å². The molecule has 0 radical (unpaired) electrons. The average molecular weight is 263 g/mol. The highest BCUT2D eigenvalue weighted by atomic mass is 32.2. The van der Waals surface area contributed by atoms with E-state index in [1.807, 2.05) is 11.8 Å². The molecule has 1 saturated carbocycles. The predicted molar refractivity (Wildman–Crippen MR) is 81.2 cm³/mol. The molecule has 0 aliphatic heterocycles. The summed E-state index contributed by atoms with van der Waals surface area (Å²) in [5.41, 5.74) is 0. The summed E-state index contributed by atoms with van der Waals surface area (Å²) in [7, 11) is 0. The van der Waals surface area contributed by atoms with Gasteiger partial charge in [0.15, 0.2) is 0 Å². The summed E-state index contributed by atoms with van der Waals surface area (Å²) in [5.74, 6) is 3.17. The molecule has 0 aromatic heterocycles. The topological polar surface area (TPSA) is 12.0 Å². The Morgan fingerprint density at radius 1 is 1.17 bits per heavy atom. The lowest BCUT2D eigenvalue weighted by atomic mass is 9.93. The number of hydrogen-bond donors (Lipinski definition) is 1. The van der Waals surface area contributed by atoms with Gasteiger partial charge < -0.3 is 5.32 Å². The Hall–Kier alpha value is -0.470. The number of rotatable bonds is 7. The molecule has 0 spiro atoms. The zero-order chi connectivity index (χ0) is 12.6. The van der Waals surface area contributed by atoms with Gasteiger partial charge in [-0.3, -0.25) is 0 Å². The summed E-state index contributed by atoms with van der Waals surface area (Å²) >= 11 is 2.01. The van der Waals surface area contributed by atoms with Crippen molar-refractivity contribution in [2.24, 2.45) is 11.8 Å². The second kappa shape index (κ2) is 7.85. The SMILES string of the molecule is CCNCC1CCCC1CCSc1ccccc1. The van der Waals surface area contributed by atoms with Crippen molar-refractivity contribution in [3.05, 3.63) is 30.3 Å². The minimum absolute atomic E-state index is 0.932. The summed E-state index contributed by atoms with van der Waals surface area (Å²) in [4.78, 5) is 1.42. The maximum atomic E-state index is 3.52. The molecule has 1 fully saturated rings. The van der Waals surface area contributed by atoms with Crippen LogP contribution in [0.15, 0.2) is 35.2 Å². The minimum Gasteiger partial charge on any atom is -0.317 e. The lowest BCUT2D eigenvalue weighted by Gasteiger charge is -2.19. The minimum atomic E-state index is 0.932. The zero-order valence-electron chi connectivity index (χ0n) is 11.4. The first-order valence-electron chi connectivity index (χ1n) is 7.28. The van der Waals surface area contributed by atoms with Gasteiger partial charge in [0.25, 0.3) is 0 Å². The van der Waals surface area contributed by atoms with E-state index in [2.05, 4.69) is 42.6 Å². The Kier molecular flexibility index (Phi) is 6.09. The molecule has 2 unspecified atom stereocenters. The fourth-order valence-electron chi connectivity index (χ4n) is 2.94. The molecule has 2 atom stereocenters. The van der Waals surface area contributed by atoms with E-state index in [1.54, 1.807) is 0 Å². The van der Waals surface area contributed by atoms with Crippen LogP contribution in [0.5, 0.6) is 0 Å². The third-order valence-corrected chi connectivity index (χ3v) is 5.02. The van der Waals surface area contributed by atoms with Crippen molar-refractivity contribution in [2.75, 3.05) is 18.8 Å². The van der Waals surface area contributed by atoms with E-state index in [0.29, 0.717) is 0 Å². The third kappa shape index (κ3) is 4.33. The first-order valence-corrected chi connectivity index (χ1v) is 8.27. The largest absolute Gasteiger partial charge is 0.317 e. The molecule has 1 aromatic carbocycles. The lowest BCUT2D eigenvalue weighted by Crippen LogP contribution is -2.25. The summed E-state index contributed by atoms with van der Waals surface area (Å²) in [6.07, 6.45) is 5.71. The van der Waals surface area contributed by atoms with Crippen LogP contribution in [0, 0.1) is 11.8 Å². The van der Waals surface area contributed by atoms with Crippen molar-refractivity contribution in [3.8, 4) is 0 Å². The molecule has 0 amide bonds. The maximum absolute atomic E-state index is 3.52. The normalized spacial score (nSPS) is 23.4. The maximum Gasteiger partial charge on any atom is 0.00719 e. The highest BCUT2D eigenvalue weighted by Gasteiger charge is 2.26. The smallest absolute Gasteiger partial charge is 0.00719 e. The lowest BCUT2D eigenvalue weighted by molar-refractivity contribution is 0.363. The molecule has 1 N–H and O–H groups in total.